The van der Waals surface area contributed by atoms with Crippen LogP contribution in [0.25, 0.3) is 10.9 Å². The lowest BCUT2D eigenvalue weighted by Gasteiger charge is -2.12. The SMILES string of the molecule is Cc1ccc2nc(C)c(C)c(C(=O)NCc3nn[nH]n3)c2c1. The van der Waals surface area contributed by atoms with E-state index < -0.39 is 0 Å². The van der Waals surface area contributed by atoms with E-state index in [1.807, 2.05) is 39.0 Å². The number of benzene rings is 1. The van der Waals surface area contributed by atoms with Crippen molar-refractivity contribution in [3.8, 4) is 0 Å². The Morgan fingerprint density at radius 1 is 1.27 bits per heavy atom. The Morgan fingerprint density at radius 3 is 2.82 bits per heavy atom. The maximum Gasteiger partial charge on any atom is 0.252 e. The van der Waals surface area contributed by atoms with Crippen molar-refractivity contribution < 1.29 is 4.79 Å². The van der Waals surface area contributed by atoms with Gasteiger partial charge in [0.25, 0.3) is 5.91 Å². The molecule has 0 unspecified atom stereocenters. The number of rotatable bonds is 3. The van der Waals surface area contributed by atoms with Gasteiger partial charge in [-0.25, -0.2) is 0 Å². The van der Waals surface area contributed by atoms with Crippen LogP contribution in [0.5, 0.6) is 0 Å². The number of amides is 1. The molecule has 1 amide bonds. The summed E-state index contributed by atoms with van der Waals surface area (Å²) in [7, 11) is 0. The zero-order chi connectivity index (χ0) is 15.7. The molecule has 0 aliphatic heterocycles. The fourth-order valence-corrected chi connectivity index (χ4v) is 2.39. The van der Waals surface area contributed by atoms with Gasteiger partial charge in [-0.05, 0) is 38.5 Å². The van der Waals surface area contributed by atoms with Gasteiger partial charge in [-0.3, -0.25) is 9.78 Å². The molecule has 7 heteroatoms. The van der Waals surface area contributed by atoms with Crippen LogP contribution in [0.2, 0.25) is 0 Å². The minimum absolute atomic E-state index is 0.164. The fourth-order valence-electron chi connectivity index (χ4n) is 2.39. The van der Waals surface area contributed by atoms with Gasteiger partial charge in [0, 0.05) is 11.1 Å². The molecule has 2 heterocycles. The van der Waals surface area contributed by atoms with Crippen molar-refractivity contribution in [1.82, 2.24) is 30.9 Å². The van der Waals surface area contributed by atoms with E-state index in [-0.39, 0.29) is 12.5 Å². The summed E-state index contributed by atoms with van der Waals surface area (Å²) in [5.41, 5.74) is 4.28. The van der Waals surface area contributed by atoms with Gasteiger partial charge in [0.15, 0.2) is 5.82 Å². The molecule has 0 saturated carbocycles. The van der Waals surface area contributed by atoms with E-state index in [1.165, 1.54) is 0 Å². The molecule has 0 fully saturated rings. The fraction of sp³-hybridized carbons (Fsp3) is 0.267. The van der Waals surface area contributed by atoms with E-state index in [0.717, 1.165) is 27.7 Å². The molecule has 3 rings (SSSR count). The number of aromatic nitrogens is 5. The first-order valence-corrected chi connectivity index (χ1v) is 6.94. The molecular formula is C15H16N6O. The van der Waals surface area contributed by atoms with E-state index in [9.17, 15) is 4.79 Å². The molecule has 7 nitrogen and oxygen atoms in total. The largest absolute Gasteiger partial charge is 0.345 e. The molecule has 2 aromatic heterocycles. The highest BCUT2D eigenvalue weighted by molar-refractivity contribution is 6.07. The number of H-pyrrole nitrogens is 1. The average Bonchev–Trinajstić information content (AvgIpc) is 3.00. The third-order valence-electron chi connectivity index (χ3n) is 3.65. The van der Waals surface area contributed by atoms with E-state index in [2.05, 4.69) is 30.9 Å². The first-order chi connectivity index (χ1) is 10.6. The number of pyridine rings is 1. The molecule has 2 N–H and O–H groups in total. The van der Waals surface area contributed by atoms with E-state index in [1.54, 1.807) is 0 Å². The van der Waals surface area contributed by atoms with Crippen LogP contribution in [-0.4, -0.2) is 31.5 Å². The van der Waals surface area contributed by atoms with Gasteiger partial charge in [-0.2, -0.15) is 5.21 Å². The van der Waals surface area contributed by atoms with Crippen molar-refractivity contribution >= 4 is 16.8 Å². The molecule has 0 aliphatic rings. The molecule has 0 bridgehead atoms. The summed E-state index contributed by atoms with van der Waals surface area (Å²) in [4.78, 5) is 17.2. The second-order valence-electron chi connectivity index (χ2n) is 5.23. The van der Waals surface area contributed by atoms with Crippen LogP contribution in [-0.2, 0) is 6.54 Å². The summed E-state index contributed by atoms with van der Waals surface area (Å²) in [6.45, 7) is 6.04. The minimum Gasteiger partial charge on any atom is -0.345 e. The average molecular weight is 296 g/mol. The lowest BCUT2D eigenvalue weighted by Crippen LogP contribution is -2.25. The molecular weight excluding hydrogens is 280 g/mol. The summed E-state index contributed by atoms with van der Waals surface area (Å²) in [6, 6.07) is 5.91. The number of aryl methyl sites for hydroxylation is 2. The van der Waals surface area contributed by atoms with Gasteiger partial charge >= 0.3 is 0 Å². The van der Waals surface area contributed by atoms with E-state index >= 15 is 0 Å². The summed E-state index contributed by atoms with van der Waals surface area (Å²) in [5.74, 6) is 0.278. The van der Waals surface area contributed by atoms with Crippen molar-refractivity contribution in [3.05, 3.63) is 46.4 Å². The van der Waals surface area contributed by atoms with Crippen LogP contribution in [0, 0.1) is 20.8 Å². The number of carbonyl (C=O) groups excluding carboxylic acids is 1. The number of fused-ring (bicyclic) bond motifs is 1. The lowest BCUT2D eigenvalue weighted by atomic mass is 9.99. The Labute approximate surface area is 127 Å². The standard InChI is InChI=1S/C15H16N6O/c1-8-4-5-12-11(6-8)14(9(2)10(3)17-12)15(22)16-7-13-18-20-21-19-13/h4-6H,7H2,1-3H3,(H,16,22)(H,18,19,20,21). The summed E-state index contributed by atoms with van der Waals surface area (Å²) in [5, 5.41) is 17.2. The number of hydrogen-bond donors (Lipinski definition) is 2. The molecule has 0 atom stereocenters. The summed E-state index contributed by atoms with van der Waals surface area (Å²) in [6.07, 6.45) is 0. The lowest BCUT2D eigenvalue weighted by molar-refractivity contribution is 0.0951. The van der Waals surface area contributed by atoms with Crippen LogP contribution in [0.15, 0.2) is 18.2 Å². The number of hydrogen-bond acceptors (Lipinski definition) is 5. The molecule has 3 aromatic rings. The van der Waals surface area contributed by atoms with Crippen molar-refractivity contribution in [3.63, 3.8) is 0 Å². The normalized spacial score (nSPS) is 10.9. The van der Waals surface area contributed by atoms with Crippen LogP contribution in [0.3, 0.4) is 0 Å². The van der Waals surface area contributed by atoms with Crippen molar-refractivity contribution in [2.45, 2.75) is 27.3 Å². The molecule has 22 heavy (non-hydrogen) atoms. The predicted molar refractivity (Wildman–Crippen MR) is 81.3 cm³/mol. The third kappa shape index (κ3) is 2.52. The zero-order valence-corrected chi connectivity index (χ0v) is 12.6. The predicted octanol–water partition coefficient (Wildman–Crippen LogP) is 1.60. The zero-order valence-electron chi connectivity index (χ0n) is 12.6. The number of nitrogens with zero attached hydrogens (tertiary/aromatic N) is 4. The van der Waals surface area contributed by atoms with Crippen molar-refractivity contribution in [2.24, 2.45) is 0 Å². The van der Waals surface area contributed by atoms with Crippen LogP contribution in [0.1, 0.15) is 33.0 Å². The summed E-state index contributed by atoms with van der Waals surface area (Å²) < 4.78 is 0. The maximum atomic E-state index is 12.6. The second-order valence-corrected chi connectivity index (χ2v) is 5.23. The monoisotopic (exact) mass is 296 g/mol. The van der Waals surface area contributed by atoms with E-state index in [0.29, 0.717) is 11.4 Å². The highest BCUT2D eigenvalue weighted by Gasteiger charge is 2.17. The Bertz CT molecular complexity index is 841. The first-order valence-electron chi connectivity index (χ1n) is 6.94. The van der Waals surface area contributed by atoms with Gasteiger partial charge in [-0.15, -0.1) is 10.2 Å². The topological polar surface area (TPSA) is 96.5 Å². The molecule has 0 aliphatic carbocycles. The first kappa shape index (κ1) is 14.1. The Balaban J connectivity index is 2.02. The van der Waals surface area contributed by atoms with Crippen LogP contribution >= 0.6 is 0 Å². The molecule has 0 radical (unpaired) electrons. The van der Waals surface area contributed by atoms with Gasteiger partial charge in [0.05, 0.1) is 17.6 Å². The number of tetrazole rings is 1. The quantitative estimate of drug-likeness (QED) is 0.765. The maximum absolute atomic E-state index is 12.6. The number of nitrogens with one attached hydrogen (secondary N) is 2. The highest BCUT2D eigenvalue weighted by Crippen LogP contribution is 2.24. The Kier molecular flexibility index (Phi) is 3.54. The molecule has 1 aromatic carbocycles. The Hall–Kier alpha value is -2.83. The number of aromatic amines is 1. The summed E-state index contributed by atoms with van der Waals surface area (Å²) >= 11 is 0. The van der Waals surface area contributed by atoms with Crippen LogP contribution in [0.4, 0.5) is 0 Å². The minimum atomic E-state index is -0.164. The molecule has 112 valence electrons. The van der Waals surface area contributed by atoms with Gasteiger partial charge in [0.1, 0.15) is 0 Å². The Morgan fingerprint density at radius 2 is 2.09 bits per heavy atom. The van der Waals surface area contributed by atoms with E-state index in [4.69, 9.17) is 0 Å². The molecule has 0 saturated heterocycles. The highest BCUT2D eigenvalue weighted by atomic mass is 16.1. The van der Waals surface area contributed by atoms with Crippen LogP contribution < -0.4 is 5.32 Å². The van der Waals surface area contributed by atoms with Crippen molar-refractivity contribution in [2.75, 3.05) is 0 Å². The van der Waals surface area contributed by atoms with Gasteiger partial charge in [-0.1, -0.05) is 16.8 Å². The van der Waals surface area contributed by atoms with Crippen molar-refractivity contribution in [1.29, 1.82) is 0 Å². The van der Waals surface area contributed by atoms with Gasteiger partial charge < -0.3 is 5.32 Å². The second kappa shape index (κ2) is 5.51. The molecule has 0 spiro atoms. The number of carbonyl (C=O) groups is 1. The smallest absolute Gasteiger partial charge is 0.252 e. The van der Waals surface area contributed by atoms with Gasteiger partial charge in [0.2, 0.25) is 0 Å². The third-order valence-corrected chi connectivity index (χ3v) is 3.65.